The molecule has 0 bridgehead atoms. The molecule has 1 aliphatic heterocycles. The van der Waals surface area contributed by atoms with Crippen LogP contribution in [0.15, 0.2) is 4.42 Å². The monoisotopic (exact) mass is 290 g/mol. The third-order valence-corrected chi connectivity index (χ3v) is 4.55. The van der Waals surface area contributed by atoms with Gasteiger partial charge in [0, 0.05) is 19.7 Å². The van der Waals surface area contributed by atoms with Crippen LogP contribution in [0.4, 0.5) is 6.01 Å². The lowest BCUT2D eigenvalue weighted by Gasteiger charge is -2.06. The van der Waals surface area contributed by atoms with Crippen molar-refractivity contribution in [2.75, 3.05) is 37.1 Å². The molecular weight excluding hydrogens is 272 g/mol. The van der Waals surface area contributed by atoms with E-state index in [2.05, 4.69) is 20.8 Å². The lowest BCUT2D eigenvalue weighted by atomic mass is 10.3. The zero-order valence-electron chi connectivity index (χ0n) is 10.8. The van der Waals surface area contributed by atoms with Crippen molar-refractivity contribution < 1.29 is 17.6 Å². The Labute approximate surface area is 111 Å². The maximum atomic E-state index is 11.3. The second kappa shape index (κ2) is 6.31. The van der Waals surface area contributed by atoms with Gasteiger partial charge in [-0.25, -0.2) is 8.42 Å². The minimum atomic E-state index is -2.91. The van der Waals surface area contributed by atoms with Gasteiger partial charge in [0.15, 0.2) is 9.84 Å². The number of nitrogens with one attached hydrogen (secondary N) is 2. The van der Waals surface area contributed by atoms with Crippen LogP contribution in [0.5, 0.6) is 0 Å². The third kappa shape index (κ3) is 4.44. The topological polar surface area (TPSA) is 106 Å². The second-order valence-corrected chi connectivity index (χ2v) is 6.64. The molecule has 108 valence electrons. The van der Waals surface area contributed by atoms with E-state index in [1.807, 2.05) is 0 Å². The van der Waals surface area contributed by atoms with Crippen molar-refractivity contribution in [3.8, 4) is 0 Å². The van der Waals surface area contributed by atoms with E-state index < -0.39 is 9.84 Å². The molecule has 9 heteroatoms. The van der Waals surface area contributed by atoms with Crippen LogP contribution in [0, 0.1) is 0 Å². The molecule has 2 rings (SSSR count). The molecule has 0 radical (unpaired) electrons. The Morgan fingerprint density at radius 1 is 1.47 bits per heavy atom. The van der Waals surface area contributed by atoms with Crippen molar-refractivity contribution in [1.29, 1.82) is 0 Å². The Kier molecular flexibility index (Phi) is 4.72. The van der Waals surface area contributed by atoms with Crippen LogP contribution in [0.3, 0.4) is 0 Å². The normalized spacial score (nSPS) is 21.6. The van der Waals surface area contributed by atoms with Crippen LogP contribution in [0.1, 0.15) is 12.3 Å². The van der Waals surface area contributed by atoms with Crippen LogP contribution < -0.4 is 10.6 Å². The maximum absolute atomic E-state index is 11.3. The smallest absolute Gasteiger partial charge is 0.315 e. The Morgan fingerprint density at radius 3 is 3.00 bits per heavy atom. The fourth-order valence-corrected chi connectivity index (χ4v) is 3.51. The maximum Gasteiger partial charge on any atom is 0.315 e. The Balaban J connectivity index is 1.78. The molecule has 1 aliphatic rings. The van der Waals surface area contributed by atoms with Crippen LogP contribution in [-0.2, 0) is 21.1 Å². The van der Waals surface area contributed by atoms with Gasteiger partial charge in [0.05, 0.1) is 24.7 Å². The van der Waals surface area contributed by atoms with Crippen molar-refractivity contribution >= 4 is 15.9 Å². The first-order valence-electron chi connectivity index (χ1n) is 6.08. The summed E-state index contributed by atoms with van der Waals surface area (Å²) >= 11 is 0. The SMILES string of the molecule is COCCNCc1nnc(NC2CCS(=O)(=O)C2)o1. The quantitative estimate of drug-likeness (QED) is 0.641. The number of hydrogen-bond donors (Lipinski definition) is 2. The van der Waals surface area contributed by atoms with Gasteiger partial charge in [0.2, 0.25) is 5.89 Å². The van der Waals surface area contributed by atoms with Gasteiger partial charge in [-0.2, -0.15) is 0 Å². The van der Waals surface area contributed by atoms with Crippen molar-refractivity contribution in [2.24, 2.45) is 0 Å². The van der Waals surface area contributed by atoms with E-state index in [9.17, 15) is 8.42 Å². The van der Waals surface area contributed by atoms with Gasteiger partial charge in [0.1, 0.15) is 0 Å². The molecule has 19 heavy (non-hydrogen) atoms. The molecule has 1 aromatic rings. The van der Waals surface area contributed by atoms with E-state index >= 15 is 0 Å². The third-order valence-electron chi connectivity index (χ3n) is 2.79. The standard InChI is InChI=1S/C10H18N4O4S/c1-17-4-3-11-6-9-13-14-10(18-9)12-8-2-5-19(15,16)7-8/h8,11H,2-7H2,1H3,(H,12,14). The molecular formula is C10H18N4O4S. The predicted octanol–water partition coefficient (Wildman–Crippen LogP) is -0.595. The zero-order chi connectivity index (χ0) is 13.7. The minimum Gasteiger partial charge on any atom is -0.407 e. The molecule has 1 fully saturated rings. The van der Waals surface area contributed by atoms with Crippen LogP contribution in [0.2, 0.25) is 0 Å². The average molecular weight is 290 g/mol. The number of nitrogens with zero attached hydrogens (tertiary/aromatic N) is 2. The minimum absolute atomic E-state index is 0.122. The van der Waals surface area contributed by atoms with Gasteiger partial charge >= 0.3 is 6.01 Å². The number of aromatic nitrogens is 2. The van der Waals surface area contributed by atoms with Crippen LogP contribution in [0.25, 0.3) is 0 Å². The summed E-state index contributed by atoms with van der Waals surface area (Å²) in [5.74, 6) is 0.792. The van der Waals surface area contributed by atoms with E-state index in [0.29, 0.717) is 32.0 Å². The number of hydrogen-bond acceptors (Lipinski definition) is 8. The molecule has 1 aromatic heterocycles. The molecule has 0 aromatic carbocycles. The highest BCUT2D eigenvalue weighted by molar-refractivity contribution is 7.91. The zero-order valence-corrected chi connectivity index (χ0v) is 11.6. The summed E-state index contributed by atoms with van der Waals surface area (Å²) in [6, 6.07) is 0.130. The highest BCUT2D eigenvalue weighted by Crippen LogP contribution is 2.16. The fourth-order valence-electron chi connectivity index (χ4n) is 1.84. The molecule has 1 unspecified atom stereocenters. The van der Waals surface area contributed by atoms with Crippen molar-refractivity contribution in [1.82, 2.24) is 15.5 Å². The van der Waals surface area contributed by atoms with Gasteiger partial charge < -0.3 is 19.8 Å². The molecule has 0 spiro atoms. The Morgan fingerprint density at radius 2 is 2.32 bits per heavy atom. The molecule has 2 N–H and O–H groups in total. The second-order valence-electron chi connectivity index (χ2n) is 4.41. The summed E-state index contributed by atoms with van der Waals surface area (Å²) in [5.41, 5.74) is 0. The largest absolute Gasteiger partial charge is 0.407 e. The summed E-state index contributed by atoms with van der Waals surface area (Å²) in [6.07, 6.45) is 0.576. The van der Waals surface area contributed by atoms with Crippen LogP contribution in [-0.4, -0.2) is 56.4 Å². The number of ether oxygens (including phenoxy) is 1. The molecule has 1 atom stereocenters. The first-order valence-corrected chi connectivity index (χ1v) is 7.90. The van der Waals surface area contributed by atoms with Gasteiger partial charge in [-0.05, 0) is 6.42 Å². The lowest BCUT2D eigenvalue weighted by molar-refractivity contribution is 0.198. The Hall–Kier alpha value is -1.19. The average Bonchev–Trinajstić information content (AvgIpc) is 2.92. The van der Waals surface area contributed by atoms with Crippen molar-refractivity contribution in [3.05, 3.63) is 5.89 Å². The molecule has 0 saturated carbocycles. The summed E-state index contributed by atoms with van der Waals surface area (Å²) in [5, 5.41) is 13.7. The van der Waals surface area contributed by atoms with E-state index in [4.69, 9.17) is 9.15 Å². The number of sulfone groups is 1. The Bertz CT molecular complexity index is 501. The van der Waals surface area contributed by atoms with Gasteiger partial charge in [-0.15, -0.1) is 5.10 Å². The summed E-state index contributed by atoms with van der Waals surface area (Å²) in [4.78, 5) is 0. The predicted molar refractivity (Wildman–Crippen MR) is 68.6 cm³/mol. The van der Waals surface area contributed by atoms with E-state index in [0.717, 1.165) is 0 Å². The fraction of sp³-hybridized carbons (Fsp3) is 0.800. The number of methoxy groups -OCH3 is 1. The van der Waals surface area contributed by atoms with E-state index in [1.54, 1.807) is 7.11 Å². The van der Waals surface area contributed by atoms with E-state index in [1.165, 1.54) is 0 Å². The molecule has 0 amide bonds. The first-order chi connectivity index (χ1) is 9.09. The summed E-state index contributed by atoms with van der Waals surface area (Å²) < 4.78 is 32.9. The van der Waals surface area contributed by atoms with E-state index in [-0.39, 0.29) is 23.6 Å². The van der Waals surface area contributed by atoms with Gasteiger partial charge in [-0.1, -0.05) is 5.10 Å². The number of rotatable bonds is 7. The molecule has 2 heterocycles. The summed E-state index contributed by atoms with van der Waals surface area (Å²) in [7, 11) is -1.28. The number of anilines is 1. The highest BCUT2D eigenvalue weighted by atomic mass is 32.2. The van der Waals surface area contributed by atoms with Gasteiger partial charge in [-0.3, -0.25) is 0 Å². The van der Waals surface area contributed by atoms with Crippen LogP contribution >= 0.6 is 0 Å². The molecule has 1 saturated heterocycles. The van der Waals surface area contributed by atoms with Crippen molar-refractivity contribution in [3.63, 3.8) is 0 Å². The lowest BCUT2D eigenvalue weighted by Crippen LogP contribution is -2.20. The molecule has 0 aliphatic carbocycles. The van der Waals surface area contributed by atoms with Gasteiger partial charge in [0.25, 0.3) is 0 Å². The van der Waals surface area contributed by atoms with Crippen molar-refractivity contribution in [2.45, 2.75) is 19.0 Å². The molecule has 8 nitrogen and oxygen atoms in total. The summed E-state index contributed by atoms with van der Waals surface area (Å²) in [6.45, 7) is 1.77. The first kappa shape index (κ1) is 14.2. The highest BCUT2D eigenvalue weighted by Gasteiger charge is 2.28.